The summed E-state index contributed by atoms with van der Waals surface area (Å²) in [5, 5.41) is 3.13. The predicted molar refractivity (Wildman–Crippen MR) is 77.9 cm³/mol. The van der Waals surface area contributed by atoms with Crippen LogP contribution in [0.2, 0.25) is 0 Å². The molecule has 1 aromatic rings. The van der Waals surface area contributed by atoms with Crippen molar-refractivity contribution in [3.05, 3.63) is 11.9 Å². The first-order valence-corrected chi connectivity index (χ1v) is 7.01. The summed E-state index contributed by atoms with van der Waals surface area (Å²) in [5.41, 5.74) is 0. The molecule has 0 aliphatic heterocycles. The molecule has 0 radical (unpaired) electrons. The van der Waals surface area contributed by atoms with Gasteiger partial charge in [0.05, 0.1) is 12.6 Å². The van der Waals surface area contributed by atoms with Crippen LogP contribution in [0.1, 0.15) is 38.4 Å². The molecule has 0 amide bonds. The van der Waals surface area contributed by atoms with Crippen molar-refractivity contribution in [3.63, 3.8) is 0 Å². The first-order chi connectivity index (χ1) is 9.19. The minimum Gasteiger partial charge on any atom is -0.383 e. The summed E-state index contributed by atoms with van der Waals surface area (Å²) in [7, 11) is 3.64. The SMILES string of the molecule is CCN(c1cc(NC)nc(C2CC2)n1)C(C)COC. The summed E-state index contributed by atoms with van der Waals surface area (Å²) >= 11 is 0. The largest absolute Gasteiger partial charge is 0.383 e. The number of hydrogen-bond acceptors (Lipinski definition) is 5. The van der Waals surface area contributed by atoms with E-state index in [4.69, 9.17) is 9.72 Å². The minimum atomic E-state index is 0.307. The first kappa shape index (κ1) is 14.1. The van der Waals surface area contributed by atoms with Gasteiger partial charge in [-0.2, -0.15) is 0 Å². The summed E-state index contributed by atoms with van der Waals surface area (Å²) in [6.07, 6.45) is 2.43. The van der Waals surface area contributed by atoms with Gasteiger partial charge < -0.3 is 15.0 Å². The number of nitrogens with zero attached hydrogens (tertiary/aromatic N) is 3. The fourth-order valence-electron chi connectivity index (χ4n) is 2.28. The quantitative estimate of drug-likeness (QED) is 0.818. The van der Waals surface area contributed by atoms with E-state index in [9.17, 15) is 0 Å². The van der Waals surface area contributed by atoms with Gasteiger partial charge in [-0.25, -0.2) is 9.97 Å². The Balaban J connectivity index is 2.27. The molecule has 0 spiro atoms. The van der Waals surface area contributed by atoms with E-state index in [1.807, 2.05) is 13.1 Å². The predicted octanol–water partition coefficient (Wildman–Crippen LogP) is 2.26. The number of methoxy groups -OCH3 is 1. The topological polar surface area (TPSA) is 50.3 Å². The molecule has 5 nitrogen and oxygen atoms in total. The van der Waals surface area contributed by atoms with Crippen LogP contribution in [0, 0.1) is 0 Å². The molecule has 1 fully saturated rings. The molecular weight excluding hydrogens is 240 g/mol. The molecule has 2 rings (SSSR count). The lowest BCUT2D eigenvalue weighted by atomic mass is 10.3. The number of aromatic nitrogens is 2. The Morgan fingerprint density at radius 2 is 2.21 bits per heavy atom. The fraction of sp³-hybridized carbons (Fsp3) is 0.714. The van der Waals surface area contributed by atoms with E-state index in [2.05, 4.69) is 29.0 Å². The number of rotatable bonds is 7. The zero-order valence-electron chi connectivity index (χ0n) is 12.3. The van der Waals surface area contributed by atoms with Crippen molar-refractivity contribution in [2.75, 3.05) is 37.5 Å². The Labute approximate surface area is 115 Å². The number of hydrogen-bond donors (Lipinski definition) is 1. The minimum absolute atomic E-state index is 0.307. The Kier molecular flexibility index (Phi) is 4.58. The summed E-state index contributed by atoms with van der Waals surface area (Å²) < 4.78 is 5.25. The third kappa shape index (κ3) is 3.35. The molecule has 1 aliphatic rings. The molecule has 1 atom stereocenters. The highest BCUT2D eigenvalue weighted by molar-refractivity contribution is 5.50. The van der Waals surface area contributed by atoms with Crippen molar-refractivity contribution in [2.24, 2.45) is 0 Å². The summed E-state index contributed by atoms with van der Waals surface area (Å²) in [6.45, 7) is 5.91. The van der Waals surface area contributed by atoms with Crippen LogP contribution in [0.5, 0.6) is 0 Å². The van der Waals surface area contributed by atoms with Crippen molar-refractivity contribution in [3.8, 4) is 0 Å². The van der Waals surface area contributed by atoms with Gasteiger partial charge in [-0.3, -0.25) is 0 Å². The van der Waals surface area contributed by atoms with Crippen molar-refractivity contribution in [1.29, 1.82) is 0 Å². The van der Waals surface area contributed by atoms with Crippen molar-refractivity contribution >= 4 is 11.6 Å². The van der Waals surface area contributed by atoms with Crippen LogP contribution in [-0.4, -0.2) is 43.3 Å². The molecule has 1 heterocycles. The van der Waals surface area contributed by atoms with E-state index in [1.54, 1.807) is 7.11 Å². The third-order valence-electron chi connectivity index (χ3n) is 3.50. The zero-order valence-corrected chi connectivity index (χ0v) is 12.3. The average molecular weight is 264 g/mol. The average Bonchev–Trinajstić information content (AvgIpc) is 3.24. The molecule has 0 aromatic carbocycles. The standard InChI is InChI=1S/C14H24N4O/c1-5-18(10(2)9-19-4)13-8-12(15-3)16-14(17-13)11-6-7-11/h8,10-11H,5-7,9H2,1-4H3,(H,15,16,17). The lowest BCUT2D eigenvalue weighted by molar-refractivity contribution is 0.181. The van der Waals surface area contributed by atoms with Crippen molar-refractivity contribution in [1.82, 2.24) is 9.97 Å². The van der Waals surface area contributed by atoms with Gasteiger partial charge >= 0.3 is 0 Å². The molecule has 1 unspecified atom stereocenters. The van der Waals surface area contributed by atoms with Crippen molar-refractivity contribution < 1.29 is 4.74 Å². The van der Waals surface area contributed by atoms with E-state index in [0.29, 0.717) is 18.6 Å². The molecule has 1 aromatic heterocycles. The molecule has 1 saturated carbocycles. The molecule has 1 N–H and O–H groups in total. The van der Waals surface area contributed by atoms with Crippen LogP contribution in [0.3, 0.4) is 0 Å². The maximum Gasteiger partial charge on any atom is 0.136 e. The molecule has 5 heteroatoms. The maximum atomic E-state index is 5.25. The molecule has 19 heavy (non-hydrogen) atoms. The Hall–Kier alpha value is -1.36. The summed E-state index contributed by atoms with van der Waals surface area (Å²) in [5.74, 6) is 3.43. The second-order valence-corrected chi connectivity index (χ2v) is 5.08. The van der Waals surface area contributed by atoms with Crippen LogP contribution >= 0.6 is 0 Å². The molecular formula is C14H24N4O. The second-order valence-electron chi connectivity index (χ2n) is 5.08. The van der Waals surface area contributed by atoms with Gasteiger partial charge in [-0.15, -0.1) is 0 Å². The van der Waals surface area contributed by atoms with Crippen LogP contribution in [0.25, 0.3) is 0 Å². The highest BCUT2D eigenvalue weighted by Crippen LogP contribution is 2.39. The van der Waals surface area contributed by atoms with E-state index in [-0.39, 0.29) is 0 Å². The van der Waals surface area contributed by atoms with Crippen LogP contribution in [0.15, 0.2) is 6.07 Å². The van der Waals surface area contributed by atoms with E-state index < -0.39 is 0 Å². The number of nitrogens with one attached hydrogen (secondary N) is 1. The Morgan fingerprint density at radius 3 is 2.74 bits per heavy atom. The maximum absolute atomic E-state index is 5.25. The van der Waals surface area contributed by atoms with Crippen LogP contribution < -0.4 is 10.2 Å². The van der Waals surface area contributed by atoms with Gasteiger partial charge in [0.2, 0.25) is 0 Å². The lowest BCUT2D eigenvalue weighted by Gasteiger charge is -2.29. The Bertz CT molecular complexity index is 420. The van der Waals surface area contributed by atoms with Crippen molar-refractivity contribution in [2.45, 2.75) is 38.6 Å². The molecule has 0 saturated heterocycles. The third-order valence-corrected chi connectivity index (χ3v) is 3.50. The van der Waals surface area contributed by atoms with Gasteiger partial charge in [-0.1, -0.05) is 0 Å². The van der Waals surface area contributed by atoms with E-state index >= 15 is 0 Å². The first-order valence-electron chi connectivity index (χ1n) is 7.01. The second kappa shape index (κ2) is 6.19. The fourth-order valence-corrected chi connectivity index (χ4v) is 2.28. The van der Waals surface area contributed by atoms with Gasteiger partial charge in [0.1, 0.15) is 17.5 Å². The van der Waals surface area contributed by atoms with Crippen LogP contribution in [0.4, 0.5) is 11.6 Å². The van der Waals surface area contributed by atoms with Crippen LogP contribution in [-0.2, 0) is 4.74 Å². The molecule has 1 aliphatic carbocycles. The number of ether oxygens (including phenoxy) is 1. The molecule has 106 valence electrons. The molecule has 0 bridgehead atoms. The van der Waals surface area contributed by atoms with Gasteiger partial charge in [0.25, 0.3) is 0 Å². The smallest absolute Gasteiger partial charge is 0.136 e. The Morgan fingerprint density at radius 1 is 1.47 bits per heavy atom. The van der Waals surface area contributed by atoms with E-state index in [0.717, 1.165) is 24.0 Å². The number of likely N-dealkylation sites (N-methyl/N-ethyl adjacent to an activating group) is 1. The van der Waals surface area contributed by atoms with E-state index in [1.165, 1.54) is 12.8 Å². The number of anilines is 2. The monoisotopic (exact) mass is 264 g/mol. The highest BCUT2D eigenvalue weighted by atomic mass is 16.5. The summed E-state index contributed by atoms with van der Waals surface area (Å²) in [6, 6.07) is 2.32. The summed E-state index contributed by atoms with van der Waals surface area (Å²) in [4.78, 5) is 11.6. The normalized spacial score (nSPS) is 16.2. The van der Waals surface area contributed by atoms with Gasteiger partial charge in [-0.05, 0) is 26.7 Å². The lowest BCUT2D eigenvalue weighted by Crippen LogP contribution is -2.37. The zero-order chi connectivity index (χ0) is 13.8. The van der Waals surface area contributed by atoms with Gasteiger partial charge in [0, 0.05) is 32.7 Å². The highest BCUT2D eigenvalue weighted by Gasteiger charge is 2.28. The van der Waals surface area contributed by atoms with Gasteiger partial charge in [0.15, 0.2) is 0 Å².